The first kappa shape index (κ1) is 17.1. The lowest BCUT2D eigenvalue weighted by atomic mass is 9.82. The summed E-state index contributed by atoms with van der Waals surface area (Å²) < 4.78 is 0. The number of aliphatic carboxylic acids is 1. The third kappa shape index (κ3) is 4.89. The van der Waals surface area contributed by atoms with Gasteiger partial charge in [0.2, 0.25) is 0 Å². The lowest BCUT2D eigenvalue weighted by Crippen LogP contribution is -2.46. The molecule has 1 saturated heterocycles. The van der Waals surface area contributed by atoms with Crippen molar-refractivity contribution in [1.29, 1.82) is 0 Å². The van der Waals surface area contributed by atoms with Gasteiger partial charge in [0.1, 0.15) is 0 Å². The number of carbonyl (C=O) groups is 2. The summed E-state index contributed by atoms with van der Waals surface area (Å²) >= 11 is 1.96. The fraction of sp³-hybridized carbons (Fsp3) is 0.857. The predicted molar refractivity (Wildman–Crippen MR) is 82.1 cm³/mol. The van der Waals surface area contributed by atoms with E-state index >= 15 is 0 Å². The van der Waals surface area contributed by atoms with Gasteiger partial charge in [-0.2, -0.15) is 11.8 Å². The molecular weight excluding hydrogens is 276 g/mol. The zero-order valence-electron chi connectivity index (χ0n) is 12.4. The highest BCUT2D eigenvalue weighted by atomic mass is 32.2. The van der Waals surface area contributed by atoms with Crippen molar-refractivity contribution in [2.75, 3.05) is 24.6 Å². The Bertz CT molecular complexity index is 326. The summed E-state index contributed by atoms with van der Waals surface area (Å²) in [5.41, 5.74) is -0.848. The maximum absolute atomic E-state index is 11.8. The molecule has 0 unspecified atom stereocenters. The number of rotatable bonds is 7. The SMILES string of the molecule is CCC(CC)(CNC(=O)NCC1CCSCC1)C(=O)O. The molecule has 1 rings (SSSR count). The normalized spacial score (nSPS) is 16.7. The molecule has 20 heavy (non-hydrogen) atoms. The van der Waals surface area contributed by atoms with Gasteiger partial charge in [-0.05, 0) is 43.1 Å². The molecule has 0 aromatic carbocycles. The van der Waals surface area contributed by atoms with Gasteiger partial charge in [-0.1, -0.05) is 13.8 Å². The fourth-order valence-electron chi connectivity index (χ4n) is 2.38. The van der Waals surface area contributed by atoms with E-state index in [-0.39, 0.29) is 12.6 Å². The summed E-state index contributed by atoms with van der Waals surface area (Å²) in [5, 5.41) is 14.9. The smallest absolute Gasteiger partial charge is 0.314 e. The molecule has 0 radical (unpaired) electrons. The van der Waals surface area contributed by atoms with E-state index in [9.17, 15) is 14.7 Å². The lowest BCUT2D eigenvalue weighted by Gasteiger charge is -2.27. The molecular formula is C14H26N2O3S. The number of hydrogen-bond donors (Lipinski definition) is 3. The van der Waals surface area contributed by atoms with E-state index < -0.39 is 11.4 Å². The molecule has 0 spiro atoms. The van der Waals surface area contributed by atoms with Crippen molar-refractivity contribution >= 4 is 23.8 Å². The molecule has 3 N–H and O–H groups in total. The zero-order valence-corrected chi connectivity index (χ0v) is 13.2. The Morgan fingerprint density at radius 1 is 1.20 bits per heavy atom. The van der Waals surface area contributed by atoms with Crippen LogP contribution in [0.4, 0.5) is 4.79 Å². The number of hydrogen-bond acceptors (Lipinski definition) is 3. The van der Waals surface area contributed by atoms with E-state index in [0.717, 1.165) is 12.8 Å². The second kappa shape index (κ2) is 8.39. The first-order valence-electron chi connectivity index (χ1n) is 7.37. The number of carboxylic acid groups (broad SMARTS) is 1. The fourth-order valence-corrected chi connectivity index (χ4v) is 3.58. The van der Waals surface area contributed by atoms with Gasteiger partial charge in [0.05, 0.1) is 5.41 Å². The Morgan fingerprint density at radius 2 is 1.80 bits per heavy atom. The minimum atomic E-state index is -0.848. The van der Waals surface area contributed by atoms with Crippen LogP contribution in [-0.4, -0.2) is 41.7 Å². The summed E-state index contributed by atoms with van der Waals surface area (Å²) in [7, 11) is 0. The molecule has 0 aromatic rings. The highest BCUT2D eigenvalue weighted by Gasteiger charge is 2.35. The Labute approximate surface area is 125 Å². The van der Waals surface area contributed by atoms with E-state index in [1.165, 1.54) is 11.5 Å². The first-order valence-corrected chi connectivity index (χ1v) is 8.52. The van der Waals surface area contributed by atoms with Crippen LogP contribution in [-0.2, 0) is 4.79 Å². The van der Waals surface area contributed by atoms with Crippen LogP contribution in [0.5, 0.6) is 0 Å². The Hall–Kier alpha value is -0.910. The van der Waals surface area contributed by atoms with Crippen molar-refractivity contribution in [2.45, 2.75) is 39.5 Å². The molecule has 0 bridgehead atoms. The highest BCUT2D eigenvalue weighted by molar-refractivity contribution is 7.99. The van der Waals surface area contributed by atoms with Crippen LogP contribution in [0.3, 0.4) is 0 Å². The number of amides is 2. The standard InChI is InChI=1S/C14H26N2O3S/c1-3-14(4-2,12(17)18)10-16-13(19)15-9-11-5-7-20-8-6-11/h11H,3-10H2,1-2H3,(H,17,18)(H2,15,16,19). The van der Waals surface area contributed by atoms with Crippen molar-refractivity contribution in [3.63, 3.8) is 0 Å². The monoisotopic (exact) mass is 302 g/mol. The third-order valence-corrected chi connectivity index (χ3v) is 5.34. The van der Waals surface area contributed by atoms with Gasteiger partial charge >= 0.3 is 12.0 Å². The predicted octanol–water partition coefficient (Wildman–Crippen LogP) is 2.32. The molecule has 5 nitrogen and oxygen atoms in total. The molecule has 0 aromatic heterocycles. The summed E-state index contributed by atoms with van der Waals surface area (Å²) in [5.74, 6) is 2.06. The highest BCUT2D eigenvalue weighted by Crippen LogP contribution is 2.25. The minimum absolute atomic E-state index is 0.182. The molecule has 0 aliphatic carbocycles. The molecule has 0 atom stereocenters. The molecule has 2 amide bonds. The van der Waals surface area contributed by atoms with Crippen LogP contribution in [0.1, 0.15) is 39.5 Å². The van der Waals surface area contributed by atoms with Crippen molar-refractivity contribution in [1.82, 2.24) is 10.6 Å². The summed E-state index contributed by atoms with van der Waals surface area (Å²) in [6, 6.07) is -0.254. The van der Waals surface area contributed by atoms with Gasteiger partial charge in [0.25, 0.3) is 0 Å². The van der Waals surface area contributed by atoms with Crippen LogP contribution in [0, 0.1) is 11.3 Å². The second-order valence-electron chi connectivity index (χ2n) is 5.41. The molecule has 0 saturated carbocycles. The van der Waals surface area contributed by atoms with Crippen LogP contribution >= 0.6 is 11.8 Å². The van der Waals surface area contributed by atoms with Gasteiger partial charge < -0.3 is 15.7 Å². The number of nitrogens with one attached hydrogen (secondary N) is 2. The molecule has 1 aliphatic heterocycles. The zero-order chi connectivity index (χ0) is 15.0. The van der Waals surface area contributed by atoms with Crippen molar-refractivity contribution < 1.29 is 14.7 Å². The maximum atomic E-state index is 11.8. The maximum Gasteiger partial charge on any atom is 0.314 e. The van der Waals surface area contributed by atoms with Gasteiger partial charge in [-0.3, -0.25) is 4.79 Å². The third-order valence-electron chi connectivity index (χ3n) is 4.29. The van der Waals surface area contributed by atoms with Crippen molar-refractivity contribution in [2.24, 2.45) is 11.3 Å². The number of urea groups is 1. The van der Waals surface area contributed by atoms with Crippen LogP contribution in [0.25, 0.3) is 0 Å². The van der Waals surface area contributed by atoms with E-state index in [4.69, 9.17) is 0 Å². The van der Waals surface area contributed by atoms with Crippen molar-refractivity contribution in [3.05, 3.63) is 0 Å². The molecule has 1 fully saturated rings. The molecule has 6 heteroatoms. The van der Waals surface area contributed by atoms with E-state index in [0.29, 0.717) is 25.3 Å². The largest absolute Gasteiger partial charge is 0.481 e. The van der Waals surface area contributed by atoms with E-state index in [2.05, 4.69) is 10.6 Å². The Kier molecular flexibility index (Phi) is 7.19. The van der Waals surface area contributed by atoms with Crippen LogP contribution < -0.4 is 10.6 Å². The van der Waals surface area contributed by atoms with Crippen molar-refractivity contribution in [3.8, 4) is 0 Å². The Morgan fingerprint density at radius 3 is 2.30 bits per heavy atom. The summed E-state index contributed by atoms with van der Waals surface area (Å²) in [6.45, 7) is 4.56. The van der Waals surface area contributed by atoms with Gasteiger partial charge in [-0.25, -0.2) is 4.79 Å². The number of carbonyl (C=O) groups excluding carboxylic acids is 1. The van der Waals surface area contributed by atoms with Gasteiger partial charge in [-0.15, -0.1) is 0 Å². The van der Waals surface area contributed by atoms with E-state index in [1.54, 1.807) is 0 Å². The van der Waals surface area contributed by atoms with Crippen LogP contribution in [0.2, 0.25) is 0 Å². The average molecular weight is 302 g/mol. The summed E-state index contributed by atoms with van der Waals surface area (Å²) in [6.07, 6.45) is 3.32. The van der Waals surface area contributed by atoms with Gasteiger partial charge in [0.15, 0.2) is 0 Å². The minimum Gasteiger partial charge on any atom is -0.481 e. The summed E-state index contributed by atoms with van der Waals surface area (Å²) in [4.78, 5) is 23.1. The Balaban J connectivity index is 2.32. The first-order chi connectivity index (χ1) is 9.54. The quantitative estimate of drug-likeness (QED) is 0.674. The second-order valence-corrected chi connectivity index (χ2v) is 6.64. The lowest BCUT2D eigenvalue weighted by molar-refractivity contribution is -0.149. The molecule has 1 heterocycles. The van der Waals surface area contributed by atoms with E-state index in [1.807, 2.05) is 25.6 Å². The average Bonchev–Trinajstić information content (AvgIpc) is 2.47. The number of thioether (sulfide) groups is 1. The molecule has 116 valence electrons. The topological polar surface area (TPSA) is 78.4 Å². The number of carboxylic acids is 1. The molecule has 1 aliphatic rings. The van der Waals surface area contributed by atoms with Gasteiger partial charge in [0, 0.05) is 13.1 Å². The van der Waals surface area contributed by atoms with Crippen LogP contribution in [0.15, 0.2) is 0 Å².